The van der Waals surface area contributed by atoms with Crippen LogP contribution in [0.1, 0.15) is 42.4 Å². The van der Waals surface area contributed by atoms with E-state index in [2.05, 4.69) is 58.4 Å². The van der Waals surface area contributed by atoms with Crippen molar-refractivity contribution in [1.29, 1.82) is 0 Å². The fourth-order valence-corrected chi connectivity index (χ4v) is 5.31. The third kappa shape index (κ3) is 5.81. The van der Waals surface area contributed by atoms with Crippen LogP contribution in [0.4, 0.5) is 0 Å². The zero-order valence-corrected chi connectivity index (χ0v) is 20.4. The third-order valence-electron chi connectivity index (χ3n) is 6.21. The highest BCUT2D eigenvalue weighted by Crippen LogP contribution is 2.36. The van der Waals surface area contributed by atoms with Gasteiger partial charge in [0, 0.05) is 19.6 Å². The maximum absolute atomic E-state index is 6.73. The Bertz CT molecular complexity index is 1140. The smallest absolute Gasteiger partial charge is 0.137 e. The van der Waals surface area contributed by atoms with Crippen LogP contribution in [0.25, 0.3) is 10.2 Å². The number of aryl methyl sites for hydroxylation is 1. The van der Waals surface area contributed by atoms with Crippen molar-refractivity contribution in [2.75, 3.05) is 26.7 Å². The number of fused-ring (bicyclic) bond motifs is 1. The Kier molecular flexibility index (Phi) is 7.48. The molecule has 2 aromatic carbocycles. The van der Waals surface area contributed by atoms with Crippen molar-refractivity contribution in [3.05, 3.63) is 71.8 Å². The van der Waals surface area contributed by atoms with Gasteiger partial charge in [-0.1, -0.05) is 24.3 Å². The van der Waals surface area contributed by atoms with E-state index >= 15 is 0 Å². The van der Waals surface area contributed by atoms with Crippen molar-refractivity contribution in [2.45, 2.75) is 44.4 Å². The van der Waals surface area contributed by atoms with Gasteiger partial charge in [0.05, 0.1) is 22.9 Å². The molecule has 4 aromatic rings. The van der Waals surface area contributed by atoms with E-state index in [0.717, 1.165) is 67.2 Å². The first-order valence-corrected chi connectivity index (χ1v) is 12.8. The average Bonchev–Trinajstić information content (AvgIpc) is 3.53. The molecule has 7 nitrogen and oxygen atoms in total. The number of thiazole rings is 1. The van der Waals surface area contributed by atoms with E-state index in [1.807, 2.05) is 16.8 Å². The fourth-order valence-electron chi connectivity index (χ4n) is 4.28. The van der Waals surface area contributed by atoms with E-state index in [9.17, 15) is 0 Å². The third-order valence-corrected chi connectivity index (χ3v) is 7.29. The average molecular weight is 478 g/mol. The van der Waals surface area contributed by atoms with Crippen molar-refractivity contribution in [3.8, 4) is 5.75 Å². The number of hydrogen-bond acceptors (Lipinski definition) is 7. The van der Waals surface area contributed by atoms with Gasteiger partial charge in [-0.25, -0.2) is 9.97 Å². The van der Waals surface area contributed by atoms with Crippen LogP contribution in [0.3, 0.4) is 0 Å². The lowest BCUT2D eigenvalue weighted by atomic mass is 10.1. The molecule has 8 heteroatoms. The van der Waals surface area contributed by atoms with Crippen LogP contribution in [-0.2, 0) is 11.3 Å². The molecule has 3 heterocycles. The maximum Gasteiger partial charge on any atom is 0.137 e. The molecule has 5 rings (SSSR count). The molecule has 0 bridgehead atoms. The summed E-state index contributed by atoms with van der Waals surface area (Å²) >= 11 is 1.72. The van der Waals surface area contributed by atoms with Gasteiger partial charge in [-0.2, -0.15) is 5.10 Å². The summed E-state index contributed by atoms with van der Waals surface area (Å²) < 4.78 is 15.9. The Labute approximate surface area is 204 Å². The number of unbranched alkanes of at least 4 members (excludes halogenated alkanes) is 1. The topological polar surface area (TPSA) is 65.3 Å². The molecule has 0 N–H and O–H groups in total. The van der Waals surface area contributed by atoms with Crippen LogP contribution >= 0.6 is 11.3 Å². The second-order valence-electron chi connectivity index (χ2n) is 8.83. The van der Waals surface area contributed by atoms with Crippen LogP contribution in [0.2, 0.25) is 0 Å². The van der Waals surface area contributed by atoms with E-state index in [0.29, 0.717) is 6.61 Å². The molecular formula is C26H31N5O2S. The zero-order valence-electron chi connectivity index (χ0n) is 19.5. The molecular weight excluding hydrogens is 446 g/mol. The SMILES string of the molecule is CN1CCC(OC(c2cccc(OCCCCn3cncn3)c2)c2nc3ccccc3s2)CC1. The summed E-state index contributed by atoms with van der Waals surface area (Å²) in [6.45, 7) is 3.65. The van der Waals surface area contributed by atoms with Gasteiger partial charge in [0.2, 0.25) is 0 Å². The number of piperidine rings is 1. The second-order valence-corrected chi connectivity index (χ2v) is 9.89. The Morgan fingerprint density at radius 1 is 1.09 bits per heavy atom. The number of hydrogen-bond donors (Lipinski definition) is 0. The van der Waals surface area contributed by atoms with Crippen LogP contribution in [0, 0.1) is 0 Å². The summed E-state index contributed by atoms with van der Waals surface area (Å²) in [5.41, 5.74) is 2.12. The van der Waals surface area contributed by atoms with Crippen molar-refractivity contribution >= 4 is 21.6 Å². The van der Waals surface area contributed by atoms with Crippen molar-refractivity contribution in [2.24, 2.45) is 0 Å². The quantitative estimate of drug-likeness (QED) is 0.301. The predicted molar refractivity (Wildman–Crippen MR) is 134 cm³/mol. The van der Waals surface area contributed by atoms with E-state index in [4.69, 9.17) is 14.5 Å². The number of likely N-dealkylation sites (tertiary alicyclic amines) is 1. The van der Waals surface area contributed by atoms with E-state index in [1.165, 1.54) is 4.70 Å². The van der Waals surface area contributed by atoms with Gasteiger partial charge in [0.15, 0.2) is 0 Å². The number of ether oxygens (including phenoxy) is 2. The minimum absolute atomic E-state index is 0.193. The molecule has 0 spiro atoms. The summed E-state index contributed by atoms with van der Waals surface area (Å²) in [5, 5.41) is 5.15. The van der Waals surface area contributed by atoms with Gasteiger partial charge >= 0.3 is 0 Å². The van der Waals surface area contributed by atoms with Crippen LogP contribution in [-0.4, -0.2) is 57.5 Å². The second kappa shape index (κ2) is 11.1. The molecule has 1 aliphatic rings. The minimum Gasteiger partial charge on any atom is -0.494 e. The highest BCUT2D eigenvalue weighted by molar-refractivity contribution is 7.18. The first-order valence-electron chi connectivity index (χ1n) is 12.0. The largest absolute Gasteiger partial charge is 0.494 e. The van der Waals surface area contributed by atoms with E-state index in [1.54, 1.807) is 24.0 Å². The Morgan fingerprint density at radius 3 is 2.79 bits per heavy atom. The number of aromatic nitrogens is 4. The lowest BCUT2D eigenvalue weighted by molar-refractivity contribution is -0.0235. The normalized spacial score (nSPS) is 16.1. The number of rotatable bonds is 10. The number of benzene rings is 2. The van der Waals surface area contributed by atoms with Crippen LogP contribution < -0.4 is 4.74 Å². The van der Waals surface area contributed by atoms with Gasteiger partial charge in [0.1, 0.15) is 29.5 Å². The molecule has 0 aliphatic carbocycles. The molecule has 1 fully saturated rings. The number of nitrogens with zero attached hydrogens (tertiary/aromatic N) is 5. The summed E-state index contributed by atoms with van der Waals surface area (Å²) in [5.74, 6) is 0.872. The van der Waals surface area contributed by atoms with Crippen LogP contribution in [0.15, 0.2) is 61.2 Å². The van der Waals surface area contributed by atoms with E-state index in [-0.39, 0.29) is 12.2 Å². The maximum atomic E-state index is 6.73. The highest BCUT2D eigenvalue weighted by Gasteiger charge is 2.26. The Morgan fingerprint density at radius 2 is 1.97 bits per heavy atom. The molecule has 0 radical (unpaired) electrons. The first kappa shape index (κ1) is 23.0. The minimum atomic E-state index is -0.193. The van der Waals surface area contributed by atoms with Crippen molar-refractivity contribution in [3.63, 3.8) is 0 Å². The van der Waals surface area contributed by atoms with Gasteiger partial charge in [-0.05, 0) is 62.6 Å². The molecule has 1 aliphatic heterocycles. The Balaban J connectivity index is 1.29. The van der Waals surface area contributed by atoms with Gasteiger partial charge in [0.25, 0.3) is 0 Å². The standard InChI is InChI=1S/C26H31N5O2S/c1-30-14-11-21(12-15-30)33-25(26-29-23-9-2-3-10-24(23)34-26)20-7-6-8-22(17-20)32-16-5-4-13-31-19-27-18-28-31/h2-3,6-10,17-19,21,25H,4-5,11-16H2,1H3. The van der Waals surface area contributed by atoms with Crippen LogP contribution in [0.5, 0.6) is 5.75 Å². The van der Waals surface area contributed by atoms with Gasteiger partial charge in [-0.3, -0.25) is 4.68 Å². The number of para-hydroxylation sites is 1. The van der Waals surface area contributed by atoms with Crippen molar-refractivity contribution in [1.82, 2.24) is 24.6 Å². The van der Waals surface area contributed by atoms with E-state index < -0.39 is 0 Å². The first-order chi connectivity index (χ1) is 16.7. The molecule has 1 unspecified atom stereocenters. The lowest BCUT2D eigenvalue weighted by Gasteiger charge is -2.31. The fraction of sp³-hybridized carbons (Fsp3) is 0.423. The monoisotopic (exact) mass is 477 g/mol. The molecule has 0 saturated carbocycles. The molecule has 178 valence electrons. The summed E-state index contributed by atoms with van der Waals surface area (Å²) in [4.78, 5) is 11.3. The zero-order chi connectivity index (χ0) is 23.2. The Hall–Kier alpha value is -2.81. The molecule has 1 atom stereocenters. The van der Waals surface area contributed by atoms with Gasteiger partial charge < -0.3 is 14.4 Å². The summed E-state index contributed by atoms with van der Waals surface area (Å²) in [6, 6.07) is 16.6. The molecule has 1 saturated heterocycles. The molecule has 2 aromatic heterocycles. The highest BCUT2D eigenvalue weighted by atomic mass is 32.1. The molecule has 0 amide bonds. The van der Waals surface area contributed by atoms with Gasteiger partial charge in [-0.15, -0.1) is 11.3 Å². The summed E-state index contributed by atoms with van der Waals surface area (Å²) in [6.07, 6.45) is 7.39. The predicted octanol–water partition coefficient (Wildman–Crippen LogP) is 4.95. The summed E-state index contributed by atoms with van der Waals surface area (Å²) in [7, 11) is 2.17. The molecule has 34 heavy (non-hydrogen) atoms. The lowest BCUT2D eigenvalue weighted by Crippen LogP contribution is -2.35. The van der Waals surface area contributed by atoms with Crippen molar-refractivity contribution < 1.29 is 9.47 Å².